The number of nitrogens with two attached hydrogens (primary N) is 1. The smallest absolute Gasteiger partial charge is 0.329 e. The molecule has 116 valence electrons. The minimum Gasteiger partial charge on any atom is -0.479 e. The standard InChI is InChI=1S/C15H28N2O3/c1-6-8-15(12(19)20)9-7-10-17(15)11(18)13(2,3)14(4,5)16/h6-10,16H2,1-5H3,(H,19,20). The average molecular weight is 284 g/mol. The highest BCUT2D eigenvalue weighted by molar-refractivity contribution is 5.91. The van der Waals surface area contributed by atoms with Gasteiger partial charge in [-0.05, 0) is 47.0 Å². The number of carboxylic acids is 1. The van der Waals surface area contributed by atoms with Gasteiger partial charge in [-0.15, -0.1) is 0 Å². The summed E-state index contributed by atoms with van der Waals surface area (Å²) in [4.78, 5) is 26.2. The molecular weight excluding hydrogens is 256 g/mol. The van der Waals surface area contributed by atoms with Crippen LogP contribution < -0.4 is 5.73 Å². The summed E-state index contributed by atoms with van der Waals surface area (Å²) < 4.78 is 0. The Labute approximate surface area is 121 Å². The second-order valence-corrected chi connectivity index (χ2v) is 6.99. The van der Waals surface area contributed by atoms with Crippen LogP contribution in [0.25, 0.3) is 0 Å². The molecule has 0 saturated carbocycles. The lowest BCUT2D eigenvalue weighted by atomic mass is 9.73. The van der Waals surface area contributed by atoms with E-state index in [1.807, 2.05) is 20.8 Å². The number of hydrogen-bond donors (Lipinski definition) is 2. The van der Waals surface area contributed by atoms with Gasteiger partial charge < -0.3 is 15.7 Å². The van der Waals surface area contributed by atoms with Gasteiger partial charge in [0.15, 0.2) is 0 Å². The highest BCUT2D eigenvalue weighted by Crippen LogP contribution is 2.40. The number of nitrogens with zero attached hydrogens (tertiary/aromatic N) is 1. The van der Waals surface area contributed by atoms with E-state index in [4.69, 9.17) is 5.73 Å². The first-order valence-corrected chi connectivity index (χ1v) is 7.35. The Morgan fingerprint density at radius 3 is 2.25 bits per heavy atom. The summed E-state index contributed by atoms with van der Waals surface area (Å²) in [5, 5.41) is 9.66. The zero-order chi connectivity index (χ0) is 15.8. The fourth-order valence-electron chi connectivity index (χ4n) is 2.79. The van der Waals surface area contributed by atoms with Gasteiger partial charge in [-0.2, -0.15) is 0 Å². The maximum atomic E-state index is 12.9. The maximum Gasteiger partial charge on any atom is 0.329 e. The van der Waals surface area contributed by atoms with Crippen LogP contribution in [0.15, 0.2) is 0 Å². The summed E-state index contributed by atoms with van der Waals surface area (Å²) >= 11 is 0. The van der Waals surface area contributed by atoms with Crippen molar-refractivity contribution in [2.45, 2.75) is 71.4 Å². The normalized spacial score (nSPS) is 24.0. The van der Waals surface area contributed by atoms with E-state index in [1.165, 1.54) is 0 Å². The zero-order valence-corrected chi connectivity index (χ0v) is 13.3. The van der Waals surface area contributed by atoms with E-state index in [1.54, 1.807) is 18.7 Å². The number of hydrogen-bond acceptors (Lipinski definition) is 3. The van der Waals surface area contributed by atoms with Crippen molar-refractivity contribution in [3.8, 4) is 0 Å². The zero-order valence-electron chi connectivity index (χ0n) is 13.3. The summed E-state index contributed by atoms with van der Waals surface area (Å²) in [6.45, 7) is 9.67. The molecule has 0 bridgehead atoms. The SMILES string of the molecule is CCCC1(C(=O)O)CCCN1C(=O)C(C)(C)C(C)(C)N. The molecule has 0 aromatic rings. The van der Waals surface area contributed by atoms with E-state index >= 15 is 0 Å². The topological polar surface area (TPSA) is 83.6 Å². The van der Waals surface area contributed by atoms with Crippen molar-refractivity contribution in [1.29, 1.82) is 0 Å². The maximum absolute atomic E-state index is 12.9. The predicted octanol–water partition coefficient (Wildman–Crippen LogP) is 2.00. The molecule has 0 spiro atoms. The molecule has 1 amide bonds. The van der Waals surface area contributed by atoms with Crippen molar-refractivity contribution >= 4 is 11.9 Å². The van der Waals surface area contributed by atoms with E-state index in [-0.39, 0.29) is 5.91 Å². The van der Waals surface area contributed by atoms with E-state index in [0.717, 1.165) is 12.8 Å². The lowest BCUT2D eigenvalue weighted by Gasteiger charge is -2.44. The first-order chi connectivity index (χ1) is 9.00. The molecule has 1 saturated heterocycles. The van der Waals surface area contributed by atoms with E-state index in [2.05, 4.69) is 0 Å². The number of carbonyl (C=O) groups is 2. The van der Waals surface area contributed by atoms with Crippen molar-refractivity contribution in [2.24, 2.45) is 11.1 Å². The van der Waals surface area contributed by atoms with Crippen LogP contribution in [-0.2, 0) is 9.59 Å². The molecule has 1 aliphatic heterocycles. The molecule has 1 fully saturated rings. The van der Waals surface area contributed by atoms with Gasteiger partial charge >= 0.3 is 5.97 Å². The van der Waals surface area contributed by atoms with Crippen molar-refractivity contribution < 1.29 is 14.7 Å². The molecule has 0 aromatic heterocycles. The van der Waals surface area contributed by atoms with Gasteiger partial charge in [-0.3, -0.25) is 4.79 Å². The lowest BCUT2D eigenvalue weighted by molar-refractivity contribution is -0.162. The Hall–Kier alpha value is -1.10. The molecular formula is C15H28N2O3. The first-order valence-electron chi connectivity index (χ1n) is 7.35. The molecule has 0 aliphatic carbocycles. The summed E-state index contributed by atoms with van der Waals surface area (Å²) in [6.07, 6.45) is 2.50. The Balaban J connectivity index is 3.17. The van der Waals surface area contributed by atoms with E-state index in [9.17, 15) is 14.7 Å². The number of aliphatic carboxylic acids is 1. The average Bonchev–Trinajstić information content (AvgIpc) is 2.72. The number of carboxylic acid groups (broad SMARTS) is 1. The van der Waals surface area contributed by atoms with Crippen LogP contribution in [0.1, 0.15) is 60.3 Å². The van der Waals surface area contributed by atoms with Crippen LogP contribution >= 0.6 is 0 Å². The second kappa shape index (κ2) is 5.35. The largest absolute Gasteiger partial charge is 0.479 e. The van der Waals surface area contributed by atoms with Crippen molar-refractivity contribution in [3.63, 3.8) is 0 Å². The monoisotopic (exact) mass is 284 g/mol. The Morgan fingerprint density at radius 2 is 1.85 bits per heavy atom. The first kappa shape index (κ1) is 17.0. The van der Waals surface area contributed by atoms with Gasteiger partial charge in [0.1, 0.15) is 5.54 Å². The fraction of sp³-hybridized carbons (Fsp3) is 0.867. The Kier molecular flexibility index (Phi) is 4.54. The number of carbonyl (C=O) groups excluding carboxylic acids is 1. The highest BCUT2D eigenvalue weighted by atomic mass is 16.4. The predicted molar refractivity (Wildman–Crippen MR) is 78.3 cm³/mol. The molecule has 5 nitrogen and oxygen atoms in total. The van der Waals surface area contributed by atoms with Crippen molar-refractivity contribution in [1.82, 2.24) is 4.90 Å². The van der Waals surface area contributed by atoms with Gasteiger partial charge in [0.25, 0.3) is 0 Å². The van der Waals surface area contributed by atoms with E-state index < -0.39 is 22.5 Å². The van der Waals surface area contributed by atoms with Crippen LogP contribution in [0.5, 0.6) is 0 Å². The molecule has 5 heteroatoms. The minimum absolute atomic E-state index is 0.154. The van der Waals surface area contributed by atoms with Gasteiger partial charge in [0.2, 0.25) is 5.91 Å². The fourth-order valence-corrected chi connectivity index (χ4v) is 2.79. The van der Waals surface area contributed by atoms with Gasteiger partial charge in [0.05, 0.1) is 5.41 Å². The summed E-state index contributed by atoms with van der Waals surface area (Å²) in [5.74, 6) is -1.05. The van der Waals surface area contributed by atoms with Crippen LogP contribution in [0.2, 0.25) is 0 Å². The molecule has 1 atom stereocenters. The third-order valence-corrected chi connectivity index (χ3v) is 4.94. The molecule has 1 heterocycles. The Morgan fingerprint density at radius 1 is 1.30 bits per heavy atom. The third kappa shape index (κ3) is 2.55. The van der Waals surface area contributed by atoms with Gasteiger partial charge in [-0.1, -0.05) is 13.3 Å². The van der Waals surface area contributed by atoms with Crippen LogP contribution in [0.4, 0.5) is 0 Å². The van der Waals surface area contributed by atoms with Crippen LogP contribution in [-0.4, -0.2) is 39.5 Å². The van der Waals surface area contributed by atoms with Crippen LogP contribution in [0.3, 0.4) is 0 Å². The summed E-state index contributed by atoms with van der Waals surface area (Å²) in [6, 6.07) is 0. The van der Waals surface area contributed by atoms with E-state index in [0.29, 0.717) is 19.4 Å². The molecule has 0 aromatic carbocycles. The molecule has 1 unspecified atom stereocenters. The third-order valence-electron chi connectivity index (χ3n) is 4.94. The molecule has 3 N–H and O–H groups in total. The van der Waals surface area contributed by atoms with Gasteiger partial charge in [0, 0.05) is 12.1 Å². The summed E-state index contributed by atoms with van der Waals surface area (Å²) in [7, 11) is 0. The quantitative estimate of drug-likeness (QED) is 0.808. The van der Waals surface area contributed by atoms with Crippen molar-refractivity contribution in [3.05, 3.63) is 0 Å². The summed E-state index contributed by atoms with van der Waals surface area (Å²) in [5.41, 5.74) is 3.57. The number of amides is 1. The Bertz CT molecular complexity index is 398. The van der Waals surface area contributed by atoms with Gasteiger partial charge in [-0.25, -0.2) is 4.79 Å². The van der Waals surface area contributed by atoms with Crippen molar-refractivity contribution in [2.75, 3.05) is 6.54 Å². The van der Waals surface area contributed by atoms with Crippen LogP contribution in [0, 0.1) is 5.41 Å². The lowest BCUT2D eigenvalue weighted by Crippen LogP contribution is -2.62. The number of rotatable bonds is 5. The number of likely N-dealkylation sites (tertiary alicyclic amines) is 1. The molecule has 1 rings (SSSR count). The molecule has 1 aliphatic rings. The molecule has 20 heavy (non-hydrogen) atoms. The molecule has 0 radical (unpaired) electrons. The minimum atomic E-state index is -1.05. The highest BCUT2D eigenvalue weighted by Gasteiger charge is 2.54. The second-order valence-electron chi connectivity index (χ2n) is 6.99.